The number of aryl methyl sites for hydroxylation is 1. The van der Waals surface area contributed by atoms with Gasteiger partial charge < -0.3 is 14.6 Å². The summed E-state index contributed by atoms with van der Waals surface area (Å²) in [5, 5.41) is 9.49. The Morgan fingerprint density at radius 2 is 1.63 bits per heavy atom. The summed E-state index contributed by atoms with van der Waals surface area (Å²) < 4.78 is 10.7. The average Bonchev–Trinajstić information content (AvgIpc) is 2.67. The Labute approximate surface area is 162 Å². The standard InChI is InChI=1S/C23H30O4/c1-3-5-6-7-8-9-20-16-19(18-10-13-21(24)14-11-18)12-15-22(20)27-17-23(25)26-4-2/h10-16,24H,3-9,17H2,1-2H3. The summed E-state index contributed by atoms with van der Waals surface area (Å²) in [6.07, 6.45) is 6.92. The van der Waals surface area contributed by atoms with Crippen molar-refractivity contribution in [1.82, 2.24) is 0 Å². The lowest BCUT2D eigenvalue weighted by molar-refractivity contribution is -0.145. The van der Waals surface area contributed by atoms with E-state index in [1.54, 1.807) is 19.1 Å². The highest BCUT2D eigenvalue weighted by Gasteiger charge is 2.10. The molecule has 2 aromatic rings. The zero-order valence-corrected chi connectivity index (χ0v) is 16.4. The van der Waals surface area contributed by atoms with Crippen LogP contribution in [0.5, 0.6) is 11.5 Å². The topological polar surface area (TPSA) is 55.8 Å². The molecule has 2 rings (SSSR count). The van der Waals surface area contributed by atoms with Gasteiger partial charge in [0.05, 0.1) is 6.61 Å². The van der Waals surface area contributed by atoms with Gasteiger partial charge in [-0.3, -0.25) is 0 Å². The van der Waals surface area contributed by atoms with Gasteiger partial charge in [-0.1, -0.05) is 50.8 Å². The van der Waals surface area contributed by atoms with E-state index >= 15 is 0 Å². The smallest absolute Gasteiger partial charge is 0.344 e. The lowest BCUT2D eigenvalue weighted by Crippen LogP contribution is -2.15. The van der Waals surface area contributed by atoms with Crippen molar-refractivity contribution in [3.8, 4) is 22.6 Å². The van der Waals surface area contributed by atoms with E-state index < -0.39 is 0 Å². The number of rotatable bonds is 11. The fourth-order valence-corrected chi connectivity index (χ4v) is 3.01. The predicted octanol–water partition coefficient (Wildman–Crippen LogP) is 5.51. The molecule has 0 aliphatic heterocycles. The van der Waals surface area contributed by atoms with Crippen LogP contribution < -0.4 is 4.74 Å². The van der Waals surface area contributed by atoms with Crippen LogP contribution in [0.2, 0.25) is 0 Å². The molecule has 27 heavy (non-hydrogen) atoms. The number of phenols is 1. The third kappa shape index (κ3) is 6.97. The number of carbonyl (C=O) groups excluding carboxylic acids is 1. The van der Waals surface area contributed by atoms with E-state index in [9.17, 15) is 9.90 Å². The molecule has 0 aliphatic carbocycles. The maximum atomic E-state index is 11.6. The summed E-state index contributed by atoms with van der Waals surface area (Å²) in [5.74, 6) is 0.638. The normalized spacial score (nSPS) is 10.6. The Bertz CT molecular complexity index is 707. The van der Waals surface area contributed by atoms with Crippen LogP contribution >= 0.6 is 0 Å². The van der Waals surface area contributed by atoms with E-state index in [2.05, 4.69) is 13.0 Å². The molecule has 2 aromatic carbocycles. The molecule has 0 fully saturated rings. The van der Waals surface area contributed by atoms with Gasteiger partial charge in [0.2, 0.25) is 0 Å². The molecule has 146 valence electrons. The van der Waals surface area contributed by atoms with Gasteiger partial charge in [0.15, 0.2) is 6.61 Å². The minimum absolute atomic E-state index is 0.0742. The number of benzene rings is 2. The predicted molar refractivity (Wildman–Crippen MR) is 108 cm³/mol. The molecule has 0 aromatic heterocycles. The number of ether oxygens (including phenoxy) is 2. The zero-order valence-electron chi connectivity index (χ0n) is 16.4. The first-order chi connectivity index (χ1) is 13.1. The van der Waals surface area contributed by atoms with Crippen LogP contribution in [-0.2, 0) is 16.0 Å². The average molecular weight is 370 g/mol. The van der Waals surface area contributed by atoms with Gasteiger partial charge in [-0.15, -0.1) is 0 Å². The molecule has 4 nitrogen and oxygen atoms in total. The second-order valence-electron chi connectivity index (χ2n) is 6.63. The van der Waals surface area contributed by atoms with E-state index in [1.165, 1.54) is 25.7 Å². The van der Waals surface area contributed by atoms with Gasteiger partial charge in [-0.25, -0.2) is 4.79 Å². The maximum absolute atomic E-state index is 11.6. The molecular formula is C23H30O4. The van der Waals surface area contributed by atoms with Crippen molar-refractivity contribution in [3.63, 3.8) is 0 Å². The number of esters is 1. The van der Waals surface area contributed by atoms with E-state index in [4.69, 9.17) is 9.47 Å². The van der Waals surface area contributed by atoms with E-state index in [0.717, 1.165) is 35.3 Å². The van der Waals surface area contributed by atoms with E-state index in [0.29, 0.717) is 6.61 Å². The molecular weight excluding hydrogens is 340 g/mol. The highest BCUT2D eigenvalue weighted by molar-refractivity contribution is 5.71. The maximum Gasteiger partial charge on any atom is 0.344 e. The molecule has 0 saturated heterocycles. The lowest BCUT2D eigenvalue weighted by Gasteiger charge is -2.13. The molecule has 4 heteroatoms. The monoisotopic (exact) mass is 370 g/mol. The Kier molecular flexibility index (Phi) is 8.69. The Balaban J connectivity index is 2.13. The van der Waals surface area contributed by atoms with Gasteiger partial charge >= 0.3 is 5.97 Å². The molecule has 0 saturated carbocycles. The van der Waals surface area contributed by atoms with Crippen molar-refractivity contribution in [2.24, 2.45) is 0 Å². The molecule has 0 spiro atoms. The first kappa shape index (κ1) is 20.8. The third-order valence-corrected chi connectivity index (χ3v) is 4.46. The fraction of sp³-hybridized carbons (Fsp3) is 0.435. The Morgan fingerprint density at radius 3 is 2.33 bits per heavy atom. The van der Waals surface area contributed by atoms with Crippen LogP contribution in [0.4, 0.5) is 0 Å². The van der Waals surface area contributed by atoms with E-state index in [-0.39, 0.29) is 18.3 Å². The molecule has 0 amide bonds. The second kappa shape index (κ2) is 11.3. The van der Waals surface area contributed by atoms with Crippen LogP contribution in [0.3, 0.4) is 0 Å². The minimum Gasteiger partial charge on any atom is -0.508 e. The first-order valence-electron chi connectivity index (χ1n) is 9.84. The third-order valence-electron chi connectivity index (χ3n) is 4.46. The molecule has 0 bridgehead atoms. The summed E-state index contributed by atoms with van der Waals surface area (Å²) in [5.41, 5.74) is 3.21. The summed E-state index contributed by atoms with van der Waals surface area (Å²) in [4.78, 5) is 11.6. The van der Waals surface area contributed by atoms with Gasteiger partial charge in [-0.2, -0.15) is 0 Å². The van der Waals surface area contributed by atoms with E-state index in [1.807, 2.05) is 24.3 Å². The highest BCUT2D eigenvalue weighted by Crippen LogP contribution is 2.29. The number of carbonyl (C=O) groups is 1. The molecule has 1 N–H and O–H groups in total. The second-order valence-corrected chi connectivity index (χ2v) is 6.63. The molecule has 0 heterocycles. The van der Waals surface area contributed by atoms with Crippen molar-refractivity contribution in [2.45, 2.75) is 52.4 Å². The van der Waals surface area contributed by atoms with Crippen LogP contribution in [0.1, 0.15) is 51.5 Å². The van der Waals surface area contributed by atoms with Gasteiger partial charge in [-0.05, 0) is 60.7 Å². The van der Waals surface area contributed by atoms with Gasteiger partial charge in [0.25, 0.3) is 0 Å². The largest absolute Gasteiger partial charge is 0.508 e. The van der Waals surface area contributed by atoms with Crippen molar-refractivity contribution >= 4 is 5.97 Å². The van der Waals surface area contributed by atoms with Gasteiger partial charge in [0.1, 0.15) is 11.5 Å². The molecule has 0 aliphatic rings. The lowest BCUT2D eigenvalue weighted by atomic mass is 9.98. The zero-order chi connectivity index (χ0) is 19.5. The van der Waals surface area contributed by atoms with Crippen molar-refractivity contribution < 1.29 is 19.4 Å². The molecule has 0 atom stereocenters. The summed E-state index contributed by atoms with van der Waals surface area (Å²) in [6, 6.07) is 13.2. The first-order valence-corrected chi connectivity index (χ1v) is 9.84. The highest BCUT2D eigenvalue weighted by atomic mass is 16.6. The van der Waals surface area contributed by atoms with Crippen molar-refractivity contribution in [3.05, 3.63) is 48.0 Å². The van der Waals surface area contributed by atoms with Crippen molar-refractivity contribution in [2.75, 3.05) is 13.2 Å². The quantitative estimate of drug-likeness (QED) is 0.418. The van der Waals surface area contributed by atoms with Crippen LogP contribution in [0.25, 0.3) is 11.1 Å². The molecule has 0 radical (unpaired) electrons. The number of hydrogen-bond donors (Lipinski definition) is 1. The summed E-state index contributed by atoms with van der Waals surface area (Å²) in [6.45, 7) is 4.27. The number of aromatic hydroxyl groups is 1. The summed E-state index contributed by atoms with van der Waals surface area (Å²) in [7, 11) is 0. The number of unbranched alkanes of at least 4 members (excludes halogenated alkanes) is 4. The van der Waals surface area contributed by atoms with Crippen LogP contribution in [0, 0.1) is 0 Å². The van der Waals surface area contributed by atoms with Crippen LogP contribution in [-0.4, -0.2) is 24.3 Å². The summed E-state index contributed by atoms with van der Waals surface area (Å²) >= 11 is 0. The number of hydrogen-bond acceptors (Lipinski definition) is 4. The minimum atomic E-state index is -0.353. The Hall–Kier alpha value is -2.49. The number of phenolic OH excluding ortho intramolecular Hbond substituents is 1. The molecule has 0 unspecified atom stereocenters. The van der Waals surface area contributed by atoms with Gasteiger partial charge in [0, 0.05) is 0 Å². The van der Waals surface area contributed by atoms with Crippen molar-refractivity contribution in [1.29, 1.82) is 0 Å². The Morgan fingerprint density at radius 1 is 0.926 bits per heavy atom. The SMILES string of the molecule is CCCCCCCc1cc(-c2ccc(O)cc2)ccc1OCC(=O)OCC. The fourth-order valence-electron chi connectivity index (χ4n) is 3.01. The van der Waals surface area contributed by atoms with Crippen LogP contribution in [0.15, 0.2) is 42.5 Å².